The first-order valence-corrected chi connectivity index (χ1v) is 27.1. The van der Waals surface area contributed by atoms with E-state index in [2.05, 4.69) is 259 Å². The molecule has 0 radical (unpaired) electrons. The van der Waals surface area contributed by atoms with E-state index in [-0.39, 0.29) is 5.41 Å². The van der Waals surface area contributed by atoms with Crippen LogP contribution in [0.2, 0.25) is 0 Å². The van der Waals surface area contributed by atoms with Gasteiger partial charge in [-0.15, -0.1) is 0 Å². The van der Waals surface area contributed by atoms with Gasteiger partial charge in [-0.1, -0.05) is 215 Å². The Hall–Kier alpha value is -10.2. The molecule has 0 fully saturated rings. The normalized spacial score (nSPS) is 12.0. The first-order valence-electron chi connectivity index (χ1n) is 27.1. The second kappa shape index (κ2) is 18.3. The largest absolute Gasteiger partial charge is 0.309 e. The van der Waals surface area contributed by atoms with Crippen molar-refractivity contribution >= 4 is 65.4 Å². The zero-order valence-electron chi connectivity index (χ0n) is 44.0. The second-order valence-corrected chi connectivity index (χ2v) is 21.6. The lowest BCUT2D eigenvalue weighted by molar-refractivity contribution is 0.591. The van der Waals surface area contributed by atoms with Crippen molar-refractivity contribution in [3.05, 3.63) is 266 Å². The molecule has 15 rings (SSSR count). The van der Waals surface area contributed by atoms with Crippen molar-refractivity contribution in [2.75, 3.05) is 0 Å². The van der Waals surface area contributed by atoms with Crippen LogP contribution in [0.15, 0.2) is 261 Å². The molecule has 4 aromatic heterocycles. The first-order chi connectivity index (χ1) is 38.9. The quantitative estimate of drug-likeness (QED) is 0.152. The second-order valence-electron chi connectivity index (χ2n) is 21.6. The van der Waals surface area contributed by atoms with Crippen molar-refractivity contribution in [3.63, 3.8) is 0 Å². The Labute approximate surface area is 457 Å². The lowest BCUT2D eigenvalue weighted by Crippen LogP contribution is -2.10. The highest BCUT2D eigenvalue weighted by Crippen LogP contribution is 2.48. The Balaban J connectivity index is 1.14. The third-order valence-electron chi connectivity index (χ3n) is 15.9. The molecule has 0 aliphatic heterocycles. The number of benzene rings is 11. The molecule has 0 saturated carbocycles. The molecule has 4 heterocycles. The minimum atomic E-state index is -0.0698. The Kier molecular flexibility index (Phi) is 10.7. The van der Waals surface area contributed by atoms with E-state index in [1.54, 1.807) is 0 Å². The van der Waals surface area contributed by atoms with Gasteiger partial charge in [-0.25, -0.2) is 15.0 Å². The van der Waals surface area contributed by atoms with Crippen LogP contribution in [0, 0.1) is 0 Å². The topological polar surface area (TPSA) is 53.5 Å². The van der Waals surface area contributed by atoms with Crippen molar-refractivity contribution in [1.29, 1.82) is 0 Å². The molecule has 15 aromatic rings. The first kappa shape index (κ1) is 46.2. The van der Waals surface area contributed by atoms with Crippen LogP contribution >= 0.6 is 0 Å². The van der Waals surface area contributed by atoms with Crippen LogP contribution in [0.5, 0.6) is 0 Å². The molecule has 374 valence electrons. The van der Waals surface area contributed by atoms with Gasteiger partial charge in [0.2, 0.25) is 0 Å². The monoisotopic (exact) mass is 1010 g/mol. The van der Waals surface area contributed by atoms with Crippen LogP contribution in [0.4, 0.5) is 0 Å². The fraction of sp³-hybridized carbons (Fsp3) is 0.0548. The summed E-state index contributed by atoms with van der Waals surface area (Å²) in [6.45, 7) is 6.90. The zero-order chi connectivity index (χ0) is 52.8. The summed E-state index contributed by atoms with van der Waals surface area (Å²) < 4.78 is 7.44. The summed E-state index contributed by atoms with van der Waals surface area (Å²) in [7, 11) is 0. The minimum Gasteiger partial charge on any atom is -0.309 e. The van der Waals surface area contributed by atoms with Gasteiger partial charge in [-0.3, -0.25) is 0 Å². The number of para-hydroxylation sites is 7. The summed E-state index contributed by atoms with van der Waals surface area (Å²) in [6, 6.07) is 94.2. The predicted molar refractivity (Wildman–Crippen MR) is 329 cm³/mol. The van der Waals surface area contributed by atoms with E-state index in [4.69, 9.17) is 15.0 Å². The Morgan fingerprint density at radius 2 is 0.595 bits per heavy atom. The molecule has 0 atom stereocenters. The fourth-order valence-corrected chi connectivity index (χ4v) is 12.2. The smallest absolute Gasteiger partial charge is 0.164 e. The van der Waals surface area contributed by atoms with Crippen LogP contribution in [0.25, 0.3) is 139 Å². The van der Waals surface area contributed by atoms with Gasteiger partial charge in [-0.2, -0.15) is 0 Å². The van der Waals surface area contributed by atoms with Gasteiger partial charge in [0, 0.05) is 71.3 Å². The Morgan fingerprint density at radius 1 is 0.266 bits per heavy atom. The van der Waals surface area contributed by atoms with Gasteiger partial charge in [0.1, 0.15) is 0 Å². The molecule has 0 amide bonds. The molecule has 0 saturated heterocycles. The average molecular weight is 1010 g/mol. The summed E-state index contributed by atoms with van der Waals surface area (Å²) in [5, 5.41) is 7.19. The lowest BCUT2D eigenvalue weighted by Gasteiger charge is -2.24. The van der Waals surface area contributed by atoms with E-state index in [1.807, 2.05) is 36.4 Å². The number of rotatable bonds is 8. The lowest BCUT2D eigenvalue weighted by atomic mass is 9.86. The van der Waals surface area contributed by atoms with Gasteiger partial charge >= 0.3 is 0 Å². The molecular formula is C73H52N6. The number of aromatic nitrogens is 6. The Bertz CT molecular complexity index is 4540. The van der Waals surface area contributed by atoms with Crippen molar-refractivity contribution < 1.29 is 0 Å². The van der Waals surface area contributed by atoms with E-state index < -0.39 is 0 Å². The minimum absolute atomic E-state index is 0.0698. The summed E-state index contributed by atoms with van der Waals surface area (Å²) in [5.41, 5.74) is 18.0. The maximum absolute atomic E-state index is 5.46. The van der Waals surface area contributed by atoms with Crippen LogP contribution < -0.4 is 0 Å². The van der Waals surface area contributed by atoms with E-state index in [9.17, 15) is 0 Å². The highest BCUT2D eigenvalue weighted by molar-refractivity contribution is 6.14. The van der Waals surface area contributed by atoms with Gasteiger partial charge in [0.25, 0.3) is 0 Å². The maximum Gasteiger partial charge on any atom is 0.164 e. The summed E-state index contributed by atoms with van der Waals surface area (Å²) in [5.74, 6) is 1.78. The van der Waals surface area contributed by atoms with Gasteiger partial charge in [0.15, 0.2) is 17.5 Å². The highest BCUT2D eigenvalue weighted by Gasteiger charge is 2.28. The molecule has 6 nitrogen and oxygen atoms in total. The molecule has 0 spiro atoms. The standard InChI is InChI=1S/C73H52N6/c1-73(2,3)50-42-43-68-58(46-50)55-32-14-23-41-67(55)79(68)69-59(56-33-15-21-39-65(56)77-61-35-17-10-28-51(61)52-29-11-18-36-62(52)77)44-49(72-75-70(47-24-6-4-7-25-47)74-71(76-72)48-26-8-5-9-27-48)45-60(69)57-34-16-22-40-66(57)78-63-37-19-12-30-53(63)54-31-13-20-38-64(54)78/h4-46H,1-3H3. The molecule has 0 aliphatic carbocycles. The SMILES string of the molecule is CC(C)(C)c1ccc2c(c1)c1ccccc1n2-c1c(-c2ccccc2-n2c3ccccc3c3ccccc32)cc(-c2nc(-c3ccccc3)nc(-c3ccccc3)n2)cc1-c1ccccc1-n1c2ccccc2c2ccccc21. The van der Waals surface area contributed by atoms with Crippen LogP contribution in [0.1, 0.15) is 26.3 Å². The van der Waals surface area contributed by atoms with Crippen LogP contribution in [-0.2, 0) is 5.41 Å². The molecule has 0 aliphatic rings. The average Bonchev–Trinajstić information content (AvgIpc) is 4.29. The summed E-state index contributed by atoms with van der Waals surface area (Å²) >= 11 is 0. The molecule has 0 unspecified atom stereocenters. The van der Waals surface area contributed by atoms with Gasteiger partial charge < -0.3 is 13.7 Å². The zero-order valence-corrected chi connectivity index (χ0v) is 44.0. The van der Waals surface area contributed by atoms with Crippen LogP contribution in [0.3, 0.4) is 0 Å². The van der Waals surface area contributed by atoms with E-state index >= 15 is 0 Å². The molecule has 0 bridgehead atoms. The summed E-state index contributed by atoms with van der Waals surface area (Å²) in [6.07, 6.45) is 0. The van der Waals surface area contributed by atoms with Gasteiger partial charge in [-0.05, 0) is 77.7 Å². The van der Waals surface area contributed by atoms with Gasteiger partial charge in [0.05, 0.1) is 50.2 Å². The highest BCUT2D eigenvalue weighted by atomic mass is 15.0. The predicted octanol–water partition coefficient (Wildman–Crippen LogP) is 18.8. The van der Waals surface area contributed by atoms with Crippen LogP contribution in [-0.4, -0.2) is 28.7 Å². The molecule has 79 heavy (non-hydrogen) atoms. The maximum atomic E-state index is 5.46. The van der Waals surface area contributed by atoms with E-state index in [0.29, 0.717) is 17.5 Å². The molecule has 0 N–H and O–H groups in total. The Morgan fingerprint density at radius 3 is 1.01 bits per heavy atom. The van der Waals surface area contributed by atoms with Crippen molar-refractivity contribution in [1.82, 2.24) is 28.7 Å². The fourth-order valence-electron chi connectivity index (χ4n) is 12.2. The van der Waals surface area contributed by atoms with Crippen molar-refractivity contribution in [2.24, 2.45) is 0 Å². The number of hydrogen-bond donors (Lipinski definition) is 0. The van der Waals surface area contributed by atoms with E-state index in [1.165, 1.54) is 37.9 Å². The summed E-state index contributed by atoms with van der Waals surface area (Å²) in [4.78, 5) is 16.1. The molecule has 11 aromatic carbocycles. The van der Waals surface area contributed by atoms with Crippen molar-refractivity contribution in [2.45, 2.75) is 26.2 Å². The number of fused-ring (bicyclic) bond motifs is 9. The third-order valence-corrected chi connectivity index (χ3v) is 15.9. The molecular weight excluding hydrogens is 961 g/mol. The van der Waals surface area contributed by atoms with E-state index in [0.717, 1.165) is 89.1 Å². The van der Waals surface area contributed by atoms with Crippen molar-refractivity contribution in [3.8, 4) is 73.5 Å². The number of hydrogen-bond acceptors (Lipinski definition) is 3. The third kappa shape index (κ3) is 7.51. The molecule has 6 heteroatoms. The number of nitrogens with zero attached hydrogens (tertiary/aromatic N) is 6.